The Kier molecular flexibility index (Phi) is 5.67. The molecule has 0 atom stereocenters. The van der Waals surface area contributed by atoms with Crippen LogP contribution >= 0.6 is 11.3 Å². The van der Waals surface area contributed by atoms with E-state index in [9.17, 15) is 4.79 Å². The highest BCUT2D eigenvalue weighted by molar-refractivity contribution is 7.18. The van der Waals surface area contributed by atoms with Gasteiger partial charge in [-0.15, -0.1) is 0 Å². The molecule has 0 aliphatic heterocycles. The number of hydrogen-bond donors (Lipinski definition) is 4. The van der Waals surface area contributed by atoms with Crippen LogP contribution < -0.4 is 16.4 Å². The maximum atomic E-state index is 11.7. The summed E-state index contributed by atoms with van der Waals surface area (Å²) in [6.45, 7) is 0.957. The molecule has 1 heterocycles. The third kappa shape index (κ3) is 4.17. The normalized spacial score (nSPS) is 10.2. The number of anilines is 2. The van der Waals surface area contributed by atoms with Gasteiger partial charge in [0, 0.05) is 13.6 Å². The zero-order chi connectivity index (χ0) is 12.7. The van der Waals surface area contributed by atoms with Crippen LogP contribution in [0.1, 0.15) is 9.67 Å². The zero-order valence-corrected chi connectivity index (χ0v) is 10.3. The van der Waals surface area contributed by atoms with Crippen LogP contribution in [0, 0.1) is 0 Å². The van der Waals surface area contributed by atoms with E-state index in [1.165, 1.54) is 11.3 Å². The van der Waals surface area contributed by atoms with Crippen LogP contribution in [0.5, 0.6) is 0 Å². The highest BCUT2D eigenvalue weighted by Crippen LogP contribution is 2.23. The van der Waals surface area contributed by atoms with Gasteiger partial charge in [0.15, 0.2) is 5.13 Å². The van der Waals surface area contributed by atoms with Crippen molar-refractivity contribution in [1.82, 2.24) is 10.3 Å². The lowest BCUT2D eigenvalue weighted by atomic mass is 10.4. The molecule has 8 heteroatoms. The van der Waals surface area contributed by atoms with Gasteiger partial charge in [0.1, 0.15) is 10.7 Å². The molecule has 5 N–H and O–H groups in total. The number of hydrogen-bond acceptors (Lipinski definition) is 7. The maximum absolute atomic E-state index is 11.7. The Balaban J connectivity index is 2.38. The Morgan fingerprint density at radius 2 is 2.35 bits per heavy atom. The molecule has 1 rings (SSSR count). The van der Waals surface area contributed by atoms with Crippen LogP contribution in [0.15, 0.2) is 0 Å². The number of rotatable bonds is 7. The smallest absolute Gasteiger partial charge is 0.265 e. The first kappa shape index (κ1) is 13.7. The molecule has 1 aromatic heterocycles. The van der Waals surface area contributed by atoms with Crippen LogP contribution in [-0.4, -0.2) is 49.4 Å². The fraction of sp³-hybridized carbons (Fsp3) is 0.556. The first-order valence-electron chi connectivity index (χ1n) is 5.10. The highest BCUT2D eigenvalue weighted by atomic mass is 32.1. The van der Waals surface area contributed by atoms with Crippen molar-refractivity contribution in [3.63, 3.8) is 0 Å². The number of carbonyl (C=O) groups is 1. The summed E-state index contributed by atoms with van der Waals surface area (Å²) in [5.74, 6) is -0.0535. The summed E-state index contributed by atoms with van der Waals surface area (Å²) >= 11 is 1.20. The Morgan fingerprint density at radius 3 is 2.94 bits per heavy atom. The average molecular weight is 260 g/mol. The number of carbonyl (C=O) groups excluding carboxylic acids is 1. The van der Waals surface area contributed by atoms with Crippen LogP contribution in [0.25, 0.3) is 0 Å². The van der Waals surface area contributed by atoms with E-state index in [2.05, 4.69) is 15.6 Å². The number of amides is 1. The number of nitrogens with zero attached hydrogens (tertiary/aromatic N) is 1. The number of nitrogens with two attached hydrogens (primary N) is 1. The summed E-state index contributed by atoms with van der Waals surface area (Å²) in [5.41, 5.74) is 5.60. The van der Waals surface area contributed by atoms with E-state index in [1.807, 2.05) is 0 Å². The summed E-state index contributed by atoms with van der Waals surface area (Å²) in [6.07, 6.45) is 0. The van der Waals surface area contributed by atoms with Crippen molar-refractivity contribution in [3.05, 3.63) is 4.88 Å². The summed E-state index contributed by atoms with van der Waals surface area (Å²) in [6, 6.07) is 0. The second-order valence-electron chi connectivity index (χ2n) is 3.08. The number of aliphatic hydroxyl groups is 1. The molecule has 0 aliphatic carbocycles. The predicted molar refractivity (Wildman–Crippen MR) is 66.3 cm³/mol. The van der Waals surface area contributed by atoms with Crippen molar-refractivity contribution in [1.29, 1.82) is 0 Å². The van der Waals surface area contributed by atoms with Crippen LogP contribution in [0.4, 0.5) is 10.9 Å². The van der Waals surface area contributed by atoms with Crippen molar-refractivity contribution >= 4 is 28.2 Å². The first-order valence-corrected chi connectivity index (χ1v) is 5.91. The average Bonchev–Trinajstić information content (AvgIpc) is 2.70. The molecule has 0 saturated carbocycles. The second kappa shape index (κ2) is 7.05. The number of ether oxygens (including phenoxy) is 1. The third-order valence-corrected chi connectivity index (χ3v) is 2.93. The van der Waals surface area contributed by atoms with E-state index in [4.69, 9.17) is 15.6 Å². The van der Waals surface area contributed by atoms with Crippen molar-refractivity contribution in [2.45, 2.75) is 0 Å². The maximum Gasteiger partial charge on any atom is 0.265 e. The lowest BCUT2D eigenvalue weighted by Gasteiger charge is -2.04. The molecule has 0 unspecified atom stereocenters. The summed E-state index contributed by atoms with van der Waals surface area (Å²) < 4.78 is 5.01. The minimum absolute atomic E-state index is 0.0265. The van der Waals surface area contributed by atoms with Gasteiger partial charge in [-0.3, -0.25) is 4.79 Å². The molecule has 7 nitrogen and oxygen atoms in total. The Labute approximate surface area is 103 Å². The van der Waals surface area contributed by atoms with Gasteiger partial charge >= 0.3 is 0 Å². The molecule has 1 amide bonds. The van der Waals surface area contributed by atoms with E-state index in [0.717, 1.165) is 0 Å². The van der Waals surface area contributed by atoms with E-state index in [0.29, 0.717) is 23.2 Å². The Hall–Kier alpha value is -1.38. The minimum Gasteiger partial charge on any atom is -0.394 e. The van der Waals surface area contributed by atoms with Crippen molar-refractivity contribution < 1.29 is 14.6 Å². The van der Waals surface area contributed by atoms with Crippen molar-refractivity contribution in [3.8, 4) is 0 Å². The van der Waals surface area contributed by atoms with Gasteiger partial charge in [-0.05, 0) is 0 Å². The molecule has 0 fully saturated rings. The van der Waals surface area contributed by atoms with Gasteiger partial charge in [-0.1, -0.05) is 11.3 Å². The molecule has 0 saturated heterocycles. The zero-order valence-electron chi connectivity index (χ0n) is 9.52. The summed E-state index contributed by atoms with van der Waals surface area (Å²) in [5, 5.41) is 14.6. The van der Waals surface area contributed by atoms with Gasteiger partial charge in [0.05, 0.1) is 19.8 Å². The van der Waals surface area contributed by atoms with Crippen molar-refractivity contribution in [2.75, 3.05) is 44.5 Å². The molecule has 0 bridgehead atoms. The Morgan fingerprint density at radius 1 is 1.59 bits per heavy atom. The lowest BCUT2D eigenvalue weighted by molar-refractivity contribution is 0.0841. The van der Waals surface area contributed by atoms with Gasteiger partial charge in [-0.2, -0.15) is 0 Å². The first-order chi connectivity index (χ1) is 8.19. The Bertz CT molecular complexity index is 369. The molecule has 17 heavy (non-hydrogen) atoms. The van der Waals surface area contributed by atoms with Gasteiger partial charge in [-0.25, -0.2) is 4.98 Å². The molecular formula is C9H16N4O3S. The predicted octanol–water partition coefficient (Wildman–Crippen LogP) is -0.494. The highest BCUT2D eigenvalue weighted by Gasteiger charge is 2.14. The standard InChI is InChI=1S/C9H16N4O3S/c1-11-9-13-7(10)6(17-9)8(15)12-2-4-16-5-3-14/h14H,2-5,10H2,1H3,(H,11,13)(H,12,15). The van der Waals surface area contributed by atoms with E-state index in [-0.39, 0.29) is 24.9 Å². The number of aliphatic hydroxyl groups excluding tert-OH is 1. The monoisotopic (exact) mass is 260 g/mol. The summed E-state index contributed by atoms with van der Waals surface area (Å²) in [7, 11) is 1.71. The topological polar surface area (TPSA) is 110 Å². The number of nitrogen functional groups attached to an aromatic ring is 1. The molecule has 0 aliphatic rings. The molecule has 0 spiro atoms. The summed E-state index contributed by atoms with van der Waals surface area (Å²) in [4.78, 5) is 16.0. The molecule has 0 radical (unpaired) electrons. The minimum atomic E-state index is -0.269. The molecular weight excluding hydrogens is 244 g/mol. The van der Waals surface area contributed by atoms with E-state index < -0.39 is 0 Å². The van der Waals surface area contributed by atoms with E-state index in [1.54, 1.807) is 7.05 Å². The van der Waals surface area contributed by atoms with Crippen LogP contribution in [-0.2, 0) is 4.74 Å². The quantitative estimate of drug-likeness (QED) is 0.492. The second-order valence-corrected chi connectivity index (χ2v) is 4.07. The van der Waals surface area contributed by atoms with E-state index >= 15 is 0 Å². The molecule has 96 valence electrons. The van der Waals surface area contributed by atoms with Gasteiger partial charge in [0.25, 0.3) is 5.91 Å². The largest absolute Gasteiger partial charge is 0.394 e. The van der Waals surface area contributed by atoms with Crippen LogP contribution in [0.3, 0.4) is 0 Å². The van der Waals surface area contributed by atoms with Crippen molar-refractivity contribution in [2.24, 2.45) is 0 Å². The third-order valence-electron chi connectivity index (χ3n) is 1.84. The number of nitrogens with one attached hydrogen (secondary N) is 2. The fourth-order valence-electron chi connectivity index (χ4n) is 1.09. The number of thiazole rings is 1. The lowest BCUT2D eigenvalue weighted by Crippen LogP contribution is -2.27. The van der Waals surface area contributed by atoms with Gasteiger partial charge in [0.2, 0.25) is 0 Å². The SMILES string of the molecule is CNc1nc(N)c(C(=O)NCCOCCO)s1. The van der Waals surface area contributed by atoms with Crippen LogP contribution in [0.2, 0.25) is 0 Å². The molecule has 0 aromatic carbocycles. The fourth-order valence-corrected chi connectivity index (χ4v) is 1.84. The van der Waals surface area contributed by atoms with Gasteiger partial charge < -0.3 is 26.2 Å². The molecule has 1 aromatic rings. The number of aromatic nitrogens is 1.